The molecule has 2 N–H and O–H groups in total. The van der Waals surface area contributed by atoms with E-state index in [1.54, 1.807) is 14.2 Å². The average Bonchev–Trinajstić information content (AvgIpc) is 2.54. The molecule has 2 aromatic rings. The number of para-hydroxylation sites is 1. The molecule has 0 fully saturated rings. The van der Waals surface area contributed by atoms with Gasteiger partial charge in [-0.15, -0.1) is 0 Å². The van der Waals surface area contributed by atoms with Gasteiger partial charge in [-0.2, -0.15) is 0 Å². The summed E-state index contributed by atoms with van der Waals surface area (Å²) in [5.74, 6) is 1.28. The maximum absolute atomic E-state index is 12.2. The lowest BCUT2D eigenvalue weighted by Gasteiger charge is -2.27. The SMILES string of the molecule is COc1ccc(C(C)(C)NC(=O)Nc2ccccc2)cc1OC. The Balaban J connectivity index is 2.13. The molecule has 0 saturated heterocycles. The van der Waals surface area contributed by atoms with Crippen molar-refractivity contribution < 1.29 is 14.3 Å². The molecule has 5 nitrogen and oxygen atoms in total. The topological polar surface area (TPSA) is 59.6 Å². The van der Waals surface area contributed by atoms with E-state index in [1.807, 2.05) is 62.4 Å². The van der Waals surface area contributed by atoms with Gasteiger partial charge in [-0.3, -0.25) is 0 Å². The van der Waals surface area contributed by atoms with Crippen LogP contribution in [0.4, 0.5) is 10.5 Å². The maximum Gasteiger partial charge on any atom is 0.319 e. The van der Waals surface area contributed by atoms with Gasteiger partial charge in [0.1, 0.15) is 0 Å². The normalized spacial score (nSPS) is 10.8. The molecule has 0 spiro atoms. The highest BCUT2D eigenvalue weighted by Gasteiger charge is 2.24. The van der Waals surface area contributed by atoms with E-state index in [-0.39, 0.29) is 6.03 Å². The third-order valence-electron chi connectivity index (χ3n) is 3.56. The predicted molar refractivity (Wildman–Crippen MR) is 91.2 cm³/mol. The predicted octanol–water partition coefficient (Wildman–Crippen LogP) is 3.76. The number of urea groups is 1. The van der Waals surface area contributed by atoms with Gasteiger partial charge in [-0.1, -0.05) is 24.3 Å². The lowest BCUT2D eigenvalue weighted by atomic mass is 9.94. The number of methoxy groups -OCH3 is 2. The van der Waals surface area contributed by atoms with Gasteiger partial charge in [-0.25, -0.2) is 4.79 Å². The molecule has 0 aromatic heterocycles. The molecule has 0 bridgehead atoms. The molecule has 0 radical (unpaired) electrons. The second kappa shape index (κ2) is 7.05. The third kappa shape index (κ3) is 4.16. The summed E-state index contributed by atoms with van der Waals surface area (Å²) in [6, 6.07) is 14.6. The zero-order chi connectivity index (χ0) is 16.9. The van der Waals surface area contributed by atoms with Gasteiger partial charge in [0.25, 0.3) is 0 Å². The van der Waals surface area contributed by atoms with Crippen molar-refractivity contribution in [1.29, 1.82) is 0 Å². The van der Waals surface area contributed by atoms with Gasteiger partial charge < -0.3 is 20.1 Å². The number of anilines is 1. The van der Waals surface area contributed by atoms with Gasteiger partial charge >= 0.3 is 6.03 Å². The van der Waals surface area contributed by atoms with Gasteiger partial charge in [0.15, 0.2) is 11.5 Å². The first-order valence-electron chi connectivity index (χ1n) is 7.33. The number of hydrogen-bond donors (Lipinski definition) is 2. The minimum Gasteiger partial charge on any atom is -0.493 e. The standard InChI is InChI=1S/C18H22N2O3/c1-18(2,13-10-11-15(22-3)16(12-13)23-4)20-17(21)19-14-8-6-5-7-9-14/h5-12H,1-4H3,(H2,19,20,21). The van der Waals surface area contributed by atoms with Crippen LogP contribution in [-0.2, 0) is 5.54 Å². The summed E-state index contributed by atoms with van der Waals surface area (Å²) in [5, 5.41) is 5.78. The van der Waals surface area contributed by atoms with Crippen molar-refractivity contribution in [2.75, 3.05) is 19.5 Å². The van der Waals surface area contributed by atoms with Crippen LogP contribution in [0.3, 0.4) is 0 Å². The molecule has 23 heavy (non-hydrogen) atoms. The van der Waals surface area contributed by atoms with E-state index >= 15 is 0 Å². The Hall–Kier alpha value is -2.69. The van der Waals surface area contributed by atoms with E-state index in [2.05, 4.69) is 10.6 Å². The first-order chi connectivity index (χ1) is 11.0. The number of nitrogens with one attached hydrogen (secondary N) is 2. The number of hydrogen-bond acceptors (Lipinski definition) is 3. The summed E-state index contributed by atoms with van der Waals surface area (Å²) < 4.78 is 10.6. The van der Waals surface area contributed by atoms with Crippen LogP contribution in [0.25, 0.3) is 0 Å². The van der Waals surface area contributed by atoms with Crippen LogP contribution in [0.2, 0.25) is 0 Å². The zero-order valence-corrected chi connectivity index (χ0v) is 13.8. The molecule has 2 aromatic carbocycles. The summed E-state index contributed by atoms with van der Waals surface area (Å²) in [6.45, 7) is 3.86. The highest BCUT2D eigenvalue weighted by atomic mass is 16.5. The lowest BCUT2D eigenvalue weighted by Crippen LogP contribution is -2.43. The number of rotatable bonds is 5. The van der Waals surface area contributed by atoms with Crippen LogP contribution in [-0.4, -0.2) is 20.3 Å². The number of carbonyl (C=O) groups is 1. The molecule has 0 heterocycles. The monoisotopic (exact) mass is 314 g/mol. The van der Waals surface area contributed by atoms with E-state index in [1.165, 1.54) is 0 Å². The van der Waals surface area contributed by atoms with Crippen LogP contribution in [0, 0.1) is 0 Å². The van der Waals surface area contributed by atoms with E-state index in [0.717, 1.165) is 11.3 Å². The Labute approximate surface area is 136 Å². The number of benzene rings is 2. The Morgan fingerprint density at radius 1 is 0.957 bits per heavy atom. The Bertz CT molecular complexity index is 669. The highest BCUT2D eigenvalue weighted by Crippen LogP contribution is 2.32. The molecule has 0 aliphatic rings. The van der Waals surface area contributed by atoms with Crippen molar-refractivity contribution in [3.05, 3.63) is 54.1 Å². The van der Waals surface area contributed by atoms with Gasteiger partial charge in [0.2, 0.25) is 0 Å². The molecule has 0 unspecified atom stereocenters. The van der Waals surface area contributed by atoms with Gasteiger partial charge in [0, 0.05) is 5.69 Å². The Kier molecular flexibility index (Phi) is 5.11. The summed E-state index contributed by atoms with van der Waals surface area (Å²) >= 11 is 0. The molecular formula is C18H22N2O3. The number of carbonyl (C=O) groups excluding carboxylic acids is 1. The summed E-state index contributed by atoms with van der Waals surface area (Å²) in [6.07, 6.45) is 0. The number of ether oxygens (including phenoxy) is 2. The molecule has 2 amide bonds. The number of amides is 2. The van der Waals surface area contributed by atoms with E-state index in [9.17, 15) is 4.79 Å². The first kappa shape index (κ1) is 16.7. The minimum absolute atomic E-state index is 0.268. The van der Waals surface area contributed by atoms with Crippen molar-refractivity contribution in [1.82, 2.24) is 5.32 Å². The quantitative estimate of drug-likeness (QED) is 0.883. The second-order valence-corrected chi connectivity index (χ2v) is 5.64. The fourth-order valence-electron chi connectivity index (χ4n) is 2.26. The van der Waals surface area contributed by atoms with Crippen LogP contribution < -0.4 is 20.1 Å². The van der Waals surface area contributed by atoms with Gasteiger partial charge in [-0.05, 0) is 43.7 Å². The fraction of sp³-hybridized carbons (Fsp3) is 0.278. The summed E-state index contributed by atoms with van der Waals surface area (Å²) in [4.78, 5) is 12.2. The fourth-order valence-corrected chi connectivity index (χ4v) is 2.26. The molecule has 5 heteroatoms. The Morgan fingerprint density at radius 3 is 2.22 bits per heavy atom. The van der Waals surface area contributed by atoms with Crippen LogP contribution in [0.5, 0.6) is 11.5 Å². The Morgan fingerprint density at radius 2 is 1.61 bits per heavy atom. The summed E-state index contributed by atoms with van der Waals surface area (Å²) in [5.41, 5.74) is 1.09. The van der Waals surface area contributed by atoms with Crippen molar-refractivity contribution in [3.8, 4) is 11.5 Å². The third-order valence-corrected chi connectivity index (χ3v) is 3.56. The zero-order valence-electron chi connectivity index (χ0n) is 13.8. The molecule has 0 atom stereocenters. The molecule has 2 rings (SSSR count). The van der Waals surface area contributed by atoms with Crippen molar-refractivity contribution in [2.45, 2.75) is 19.4 Å². The van der Waals surface area contributed by atoms with Crippen LogP contribution in [0.1, 0.15) is 19.4 Å². The van der Waals surface area contributed by atoms with E-state index < -0.39 is 5.54 Å². The second-order valence-electron chi connectivity index (χ2n) is 5.64. The molecule has 0 aliphatic heterocycles. The average molecular weight is 314 g/mol. The van der Waals surface area contributed by atoms with Crippen molar-refractivity contribution >= 4 is 11.7 Å². The van der Waals surface area contributed by atoms with Crippen LogP contribution in [0.15, 0.2) is 48.5 Å². The molecule has 0 aliphatic carbocycles. The van der Waals surface area contributed by atoms with Crippen molar-refractivity contribution in [2.24, 2.45) is 0 Å². The molecule has 122 valence electrons. The lowest BCUT2D eigenvalue weighted by molar-refractivity contribution is 0.241. The smallest absolute Gasteiger partial charge is 0.319 e. The maximum atomic E-state index is 12.2. The highest BCUT2D eigenvalue weighted by molar-refractivity contribution is 5.89. The van der Waals surface area contributed by atoms with E-state index in [0.29, 0.717) is 11.5 Å². The molecular weight excluding hydrogens is 292 g/mol. The van der Waals surface area contributed by atoms with E-state index in [4.69, 9.17) is 9.47 Å². The van der Waals surface area contributed by atoms with Crippen LogP contribution >= 0.6 is 0 Å². The molecule has 0 saturated carbocycles. The minimum atomic E-state index is -0.571. The summed E-state index contributed by atoms with van der Waals surface area (Å²) in [7, 11) is 3.18. The largest absolute Gasteiger partial charge is 0.493 e. The van der Waals surface area contributed by atoms with Crippen molar-refractivity contribution in [3.63, 3.8) is 0 Å². The van der Waals surface area contributed by atoms with Gasteiger partial charge in [0.05, 0.1) is 19.8 Å². The first-order valence-corrected chi connectivity index (χ1v) is 7.33.